The van der Waals surface area contributed by atoms with Crippen molar-refractivity contribution in [2.75, 3.05) is 25.5 Å². The van der Waals surface area contributed by atoms with Gasteiger partial charge in [0.25, 0.3) is 0 Å². The first-order valence-corrected chi connectivity index (χ1v) is 9.87. The van der Waals surface area contributed by atoms with Crippen LogP contribution in [0.4, 0.5) is 5.69 Å². The smallest absolute Gasteiger partial charge is 0.311 e. The Morgan fingerprint density at radius 2 is 2.08 bits per heavy atom. The van der Waals surface area contributed by atoms with Crippen molar-refractivity contribution in [1.29, 1.82) is 0 Å². The molecule has 5 atom stereocenters. The number of hydrogen-bond donors (Lipinski definition) is 1. The second kappa shape index (κ2) is 4.40. The molecule has 4 nitrogen and oxygen atoms in total. The Labute approximate surface area is 148 Å². The van der Waals surface area contributed by atoms with E-state index in [1.54, 1.807) is 7.11 Å². The molecule has 0 aromatic heterocycles. The van der Waals surface area contributed by atoms with Gasteiger partial charge < -0.3 is 10.1 Å². The fourth-order valence-corrected chi connectivity index (χ4v) is 8.03. The molecular formula is C21H26N2O2. The Morgan fingerprint density at radius 1 is 1.20 bits per heavy atom. The van der Waals surface area contributed by atoms with Crippen molar-refractivity contribution in [3.05, 3.63) is 29.8 Å². The van der Waals surface area contributed by atoms with Gasteiger partial charge in [-0.05, 0) is 68.7 Å². The molecule has 2 bridgehead atoms. The first kappa shape index (κ1) is 14.6. The van der Waals surface area contributed by atoms with E-state index in [0.29, 0.717) is 11.5 Å². The van der Waals surface area contributed by atoms with Gasteiger partial charge >= 0.3 is 5.97 Å². The number of carbonyl (C=O) groups excluding carboxylic acids is 1. The lowest BCUT2D eigenvalue weighted by Crippen LogP contribution is -2.76. The van der Waals surface area contributed by atoms with Gasteiger partial charge in [0.15, 0.2) is 0 Å². The minimum atomic E-state index is -0.151. The van der Waals surface area contributed by atoms with Gasteiger partial charge in [0, 0.05) is 17.1 Å². The highest BCUT2D eigenvalue weighted by molar-refractivity contribution is 5.80. The fourth-order valence-electron chi connectivity index (χ4n) is 8.03. The van der Waals surface area contributed by atoms with Gasteiger partial charge in [-0.15, -0.1) is 0 Å². The second-order valence-corrected chi connectivity index (χ2v) is 9.05. The summed E-state index contributed by atoms with van der Waals surface area (Å²) >= 11 is 0. The Balaban J connectivity index is 1.65. The van der Waals surface area contributed by atoms with Crippen molar-refractivity contribution < 1.29 is 9.53 Å². The van der Waals surface area contributed by atoms with Crippen LogP contribution in [0.15, 0.2) is 24.3 Å². The number of nitrogens with zero attached hydrogens (tertiary/aromatic N) is 1. The molecule has 3 aliphatic carbocycles. The SMILES string of the molecule is COC(=O)C1CC23CCCN4CCC5(c6ccccc6NC15CC2)[C@@H]43. The van der Waals surface area contributed by atoms with E-state index in [1.165, 1.54) is 50.0 Å². The van der Waals surface area contributed by atoms with Gasteiger partial charge in [0.05, 0.1) is 18.6 Å². The number of carbonyl (C=O) groups is 1. The van der Waals surface area contributed by atoms with Crippen molar-refractivity contribution in [2.45, 2.75) is 55.5 Å². The van der Waals surface area contributed by atoms with E-state index in [4.69, 9.17) is 4.74 Å². The zero-order valence-corrected chi connectivity index (χ0v) is 14.9. The molecule has 4 heteroatoms. The molecule has 3 spiro atoms. The van der Waals surface area contributed by atoms with Gasteiger partial charge in [0.2, 0.25) is 0 Å². The minimum Gasteiger partial charge on any atom is -0.469 e. The summed E-state index contributed by atoms with van der Waals surface area (Å²) in [6.45, 7) is 2.41. The highest BCUT2D eigenvalue weighted by atomic mass is 16.5. The zero-order chi connectivity index (χ0) is 16.9. The third-order valence-corrected chi connectivity index (χ3v) is 8.60. The number of fused-ring (bicyclic) bond motifs is 3. The van der Waals surface area contributed by atoms with Gasteiger partial charge in [0.1, 0.15) is 0 Å². The molecule has 3 heterocycles. The number of hydrogen-bond acceptors (Lipinski definition) is 4. The van der Waals surface area contributed by atoms with E-state index >= 15 is 0 Å². The first-order chi connectivity index (χ1) is 12.2. The lowest BCUT2D eigenvalue weighted by atomic mass is 9.39. The predicted molar refractivity (Wildman–Crippen MR) is 95.5 cm³/mol. The van der Waals surface area contributed by atoms with Crippen LogP contribution in [0.5, 0.6) is 0 Å². The van der Waals surface area contributed by atoms with Gasteiger partial charge in [-0.2, -0.15) is 0 Å². The van der Waals surface area contributed by atoms with Crippen LogP contribution < -0.4 is 5.32 Å². The number of nitrogens with one attached hydrogen (secondary N) is 1. The molecule has 7 rings (SSSR count). The number of benzene rings is 1. The Hall–Kier alpha value is -1.55. The van der Waals surface area contributed by atoms with E-state index < -0.39 is 0 Å². The predicted octanol–water partition coefficient (Wildman–Crippen LogP) is 2.93. The number of piperidine rings is 1. The summed E-state index contributed by atoms with van der Waals surface area (Å²) < 4.78 is 5.33. The quantitative estimate of drug-likeness (QED) is 0.800. The summed E-state index contributed by atoms with van der Waals surface area (Å²) in [6.07, 6.45) is 7.10. The van der Waals surface area contributed by atoms with E-state index in [1.807, 2.05) is 0 Å². The molecule has 25 heavy (non-hydrogen) atoms. The van der Waals surface area contributed by atoms with Crippen LogP contribution in [0.3, 0.4) is 0 Å². The van der Waals surface area contributed by atoms with Crippen molar-refractivity contribution in [3.63, 3.8) is 0 Å². The second-order valence-electron chi connectivity index (χ2n) is 9.05. The summed E-state index contributed by atoms with van der Waals surface area (Å²) in [5.74, 6) is -0.0193. The average molecular weight is 338 g/mol. The van der Waals surface area contributed by atoms with Crippen LogP contribution in [0.2, 0.25) is 0 Å². The third-order valence-electron chi connectivity index (χ3n) is 8.60. The van der Waals surface area contributed by atoms with E-state index in [2.05, 4.69) is 34.5 Å². The Bertz CT molecular complexity index is 779. The molecule has 5 fully saturated rings. The third kappa shape index (κ3) is 1.38. The molecule has 1 N–H and O–H groups in total. The van der Waals surface area contributed by atoms with Gasteiger partial charge in [-0.3, -0.25) is 9.69 Å². The normalized spacial score (nSPS) is 46.1. The van der Waals surface area contributed by atoms with Gasteiger partial charge in [-0.1, -0.05) is 18.2 Å². The molecule has 4 unspecified atom stereocenters. The maximum Gasteiger partial charge on any atom is 0.311 e. The van der Waals surface area contributed by atoms with Crippen molar-refractivity contribution in [3.8, 4) is 0 Å². The highest BCUT2D eigenvalue weighted by Gasteiger charge is 2.78. The van der Waals surface area contributed by atoms with Crippen molar-refractivity contribution >= 4 is 11.7 Å². The number of methoxy groups -OCH3 is 1. The van der Waals surface area contributed by atoms with Crippen LogP contribution >= 0.6 is 0 Å². The Morgan fingerprint density at radius 3 is 2.96 bits per heavy atom. The number of anilines is 1. The van der Waals surface area contributed by atoms with Crippen LogP contribution in [0.1, 0.15) is 44.1 Å². The molecule has 132 valence electrons. The molecule has 2 saturated heterocycles. The summed E-state index contributed by atoms with van der Waals surface area (Å²) in [4.78, 5) is 15.7. The molecular weight excluding hydrogens is 312 g/mol. The monoisotopic (exact) mass is 338 g/mol. The zero-order valence-electron chi connectivity index (χ0n) is 14.9. The number of para-hydroxylation sites is 1. The molecule has 3 aliphatic heterocycles. The van der Waals surface area contributed by atoms with Crippen LogP contribution in [0, 0.1) is 11.3 Å². The molecule has 0 radical (unpaired) electrons. The lowest BCUT2D eigenvalue weighted by Gasteiger charge is -2.69. The fraction of sp³-hybridized carbons (Fsp3) is 0.667. The lowest BCUT2D eigenvalue weighted by molar-refractivity contribution is -0.171. The Kier molecular flexibility index (Phi) is 2.57. The summed E-state index contributed by atoms with van der Waals surface area (Å²) in [6, 6.07) is 9.45. The number of esters is 1. The van der Waals surface area contributed by atoms with Crippen LogP contribution in [0.25, 0.3) is 0 Å². The summed E-state index contributed by atoms with van der Waals surface area (Å²) in [5.41, 5.74) is 2.97. The summed E-state index contributed by atoms with van der Waals surface area (Å²) in [7, 11) is 1.56. The van der Waals surface area contributed by atoms with Crippen LogP contribution in [-0.4, -0.2) is 42.6 Å². The van der Waals surface area contributed by atoms with E-state index in [-0.39, 0.29) is 22.8 Å². The standard InChI is InChI=1S/C21H26N2O2/c1-25-17(24)15-13-19-7-4-11-23-12-10-20(18(19)23)14-5-2-3-6-16(14)22-21(15,20)9-8-19/h2-3,5-6,15,18,22H,4,7-13H2,1H3/t15?,18-,19?,20?,21?/m0/s1. The maximum absolute atomic E-state index is 12.9. The van der Waals surface area contributed by atoms with Crippen molar-refractivity contribution in [1.82, 2.24) is 4.90 Å². The first-order valence-electron chi connectivity index (χ1n) is 9.87. The van der Waals surface area contributed by atoms with E-state index in [0.717, 1.165) is 12.8 Å². The number of ether oxygens (including phenoxy) is 1. The molecule has 6 aliphatic rings. The molecule has 3 saturated carbocycles. The van der Waals surface area contributed by atoms with Crippen LogP contribution in [-0.2, 0) is 14.9 Å². The van der Waals surface area contributed by atoms with Crippen molar-refractivity contribution in [2.24, 2.45) is 11.3 Å². The summed E-state index contributed by atoms with van der Waals surface area (Å²) in [5, 5.41) is 3.92. The topological polar surface area (TPSA) is 41.6 Å². The molecule has 1 aromatic rings. The average Bonchev–Trinajstić information content (AvgIpc) is 3.19. The van der Waals surface area contributed by atoms with E-state index in [9.17, 15) is 4.79 Å². The highest BCUT2D eigenvalue weighted by Crippen LogP contribution is 2.74. The minimum absolute atomic E-state index is 0.00114. The molecule has 1 aromatic carbocycles. The largest absolute Gasteiger partial charge is 0.469 e. The number of rotatable bonds is 1. The molecule has 0 amide bonds. The van der Waals surface area contributed by atoms with Gasteiger partial charge in [-0.25, -0.2) is 0 Å². The maximum atomic E-state index is 12.9.